The molecular weight excluding hydrogens is 578 g/mol. The Bertz CT molecular complexity index is 1070. The molecule has 1 aromatic carbocycles. The van der Waals surface area contributed by atoms with Crippen molar-refractivity contribution >= 4 is 11.5 Å². The summed E-state index contributed by atoms with van der Waals surface area (Å²) in [6.45, 7) is 34.8. The van der Waals surface area contributed by atoms with Crippen LogP contribution in [-0.2, 0) is 16.0 Å². The van der Waals surface area contributed by atoms with Gasteiger partial charge in [0.25, 0.3) is 0 Å². The van der Waals surface area contributed by atoms with Crippen molar-refractivity contribution in [3.05, 3.63) is 83.2 Å². The molecule has 1 heterocycles. The van der Waals surface area contributed by atoms with Crippen molar-refractivity contribution in [1.82, 2.24) is 10.2 Å². The van der Waals surface area contributed by atoms with E-state index in [1.807, 2.05) is 60.7 Å². The van der Waals surface area contributed by atoms with E-state index in [4.69, 9.17) is 4.74 Å². The number of ketones is 1. The van der Waals surface area contributed by atoms with E-state index in [2.05, 4.69) is 120 Å². The lowest BCUT2D eigenvalue weighted by Crippen LogP contribution is -2.31. The van der Waals surface area contributed by atoms with E-state index in [-0.39, 0.29) is 11.4 Å². The second kappa shape index (κ2) is 32.7. The lowest BCUT2D eigenvalue weighted by atomic mass is 10.1. The third-order valence-corrected chi connectivity index (χ3v) is 6.36. The highest BCUT2D eigenvalue weighted by Gasteiger charge is 2.27. The lowest BCUT2D eigenvalue weighted by molar-refractivity contribution is -0.118. The monoisotopic (exact) mass is 652 g/mol. The average molecular weight is 652 g/mol. The van der Waals surface area contributed by atoms with Gasteiger partial charge in [0.15, 0.2) is 0 Å². The van der Waals surface area contributed by atoms with Gasteiger partial charge < -0.3 is 10.1 Å². The highest BCUT2D eigenvalue weighted by Crippen LogP contribution is 2.19. The van der Waals surface area contributed by atoms with Crippen LogP contribution in [0.4, 0.5) is 0 Å². The second-order valence-corrected chi connectivity index (χ2v) is 11.7. The Hall–Kier alpha value is -3.20. The maximum Gasteiger partial charge on any atom is 0.143 e. The van der Waals surface area contributed by atoms with E-state index in [1.165, 1.54) is 22.4 Å². The summed E-state index contributed by atoms with van der Waals surface area (Å²) in [6.07, 6.45) is 20.6. The molecule has 1 aliphatic heterocycles. The normalized spacial score (nSPS) is 14.7. The fraction of sp³-hybridized carbons (Fsp3) is 0.571. The van der Waals surface area contributed by atoms with Crippen molar-refractivity contribution < 1.29 is 9.53 Å². The van der Waals surface area contributed by atoms with Crippen molar-refractivity contribution in [2.24, 2.45) is 4.99 Å². The topological polar surface area (TPSA) is 53.9 Å². The predicted octanol–water partition coefficient (Wildman–Crippen LogP) is 10.7. The molecule has 0 saturated carbocycles. The minimum absolute atomic E-state index is 0.0725. The zero-order chi connectivity index (χ0) is 37.4. The van der Waals surface area contributed by atoms with Crippen molar-refractivity contribution in [3.63, 3.8) is 0 Å². The number of benzene rings is 1. The summed E-state index contributed by atoms with van der Waals surface area (Å²) in [4.78, 5) is 17.7. The Morgan fingerprint density at radius 3 is 2.06 bits per heavy atom. The van der Waals surface area contributed by atoms with Crippen molar-refractivity contribution in [2.45, 2.75) is 134 Å². The molecule has 0 radical (unpaired) electrons. The Morgan fingerprint density at radius 1 is 1.09 bits per heavy atom. The quantitative estimate of drug-likeness (QED) is 0.147. The summed E-state index contributed by atoms with van der Waals surface area (Å²) in [6, 6.07) is 8.65. The molecule has 1 unspecified atom stereocenters. The first-order valence-corrected chi connectivity index (χ1v) is 17.4. The van der Waals surface area contributed by atoms with E-state index < -0.39 is 0 Å². The number of Topliss-reactive ketones (excluding diaryl/α,β-unsaturated/α-hetero) is 1. The first-order chi connectivity index (χ1) is 22.2. The summed E-state index contributed by atoms with van der Waals surface area (Å²) >= 11 is 0. The molecule has 1 atom stereocenters. The molecule has 0 amide bonds. The molecule has 268 valence electrons. The Balaban J connectivity index is -0.000000297. The van der Waals surface area contributed by atoms with Crippen LogP contribution >= 0.6 is 0 Å². The number of nitrogens with one attached hydrogen (secondary N) is 1. The minimum Gasteiger partial charge on any atom is -0.392 e. The molecule has 0 aliphatic carbocycles. The summed E-state index contributed by atoms with van der Waals surface area (Å²) < 4.78 is 5.86. The van der Waals surface area contributed by atoms with Crippen molar-refractivity contribution in [1.29, 1.82) is 0 Å². The van der Waals surface area contributed by atoms with E-state index in [0.29, 0.717) is 12.6 Å². The molecule has 47 heavy (non-hydrogen) atoms. The number of carbonyl (C=O) groups excluding carboxylic acids is 1. The highest BCUT2D eigenvalue weighted by atomic mass is 16.5. The molecule has 0 spiro atoms. The van der Waals surface area contributed by atoms with Crippen molar-refractivity contribution in [3.8, 4) is 12.8 Å². The third-order valence-electron chi connectivity index (χ3n) is 6.36. The number of terminal acetylenes is 1. The van der Waals surface area contributed by atoms with Crippen LogP contribution in [0.1, 0.15) is 120 Å². The minimum atomic E-state index is -0.0725. The molecule has 0 bridgehead atoms. The summed E-state index contributed by atoms with van der Waals surface area (Å²) in [5.41, 5.74) is 6.98. The van der Waals surface area contributed by atoms with Crippen LogP contribution in [-0.4, -0.2) is 54.8 Å². The molecule has 5 heteroatoms. The largest absolute Gasteiger partial charge is 0.392 e. The van der Waals surface area contributed by atoms with Crippen LogP contribution in [0.5, 0.6) is 0 Å². The fourth-order valence-electron chi connectivity index (χ4n) is 4.05. The van der Waals surface area contributed by atoms with Gasteiger partial charge in [0.1, 0.15) is 5.78 Å². The zero-order valence-corrected chi connectivity index (χ0v) is 33.2. The number of aliphatic imine (C=N–C) groups is 1. The SMILES string of the molecule is C#C.C=C(CCc1ccc(C)cc1)N=C(C)/C(C)=C/C=C\C.CC.CC.CC(=O)CN1CCC(OC(C)(C)C)C1.CC/C=C(/C)NC. The van der Waals surface area contributed by atoms with Gasteiger partial charge in [-0.1, -0.05) is 95.3 Å². The molecular formula is C42H73N3O2. The van der Waals surface area contributed by atoms with Gasteiger partial charge in [0.05, 0.1) is 18.2 Å². The number of ether oxygens (including phenoxy) is 1. The number of rotatable bonds is 11. The van der Waals surface area contributed by atoms with Crippen LogP contribution in [0, 0.1) is 19.8 Å². The highest BCUT2D eigenvalue weighted by molar-refractivity contribution is 5.98. The van der Waals surface area contributed by atoms with Gasteiger partial charge in [-0.05, 0) is 99.1 Å². The van der Waals surface area contributed by atoms with Gasteiger partial charge in [-0.3, -0.25) is 14.7 Å². The summed E-state index contributed by atoms with van der Waals surface area (Å²) in [7, 11) is 1.93. The van der Waals surface area contributed by atoms with E-state index >= 15 is 0 Å². The van der Waals surface area contributed by atoms with Gasteiger partial charge >= 0.3 is 0 Å². The Labute approximate surface area is 292 Å². The van der Waals surface area contributed by atoms with Gasteiger partial charge in [-0.2, -0.15) is 0 Å². The molecule has 5 nitrogen and oxygen atoms in total. The van der Waals surface area contributed by atoms with Crippen LogP contribution in [0.3, 0.4) is 0 Å². The van der Waals surface area contributed by atoms with Gasteiger partial charge in [0.2, 0.25) is 0 Å². The van der Waals surface area contributed by atoms with E-state index in [1.54, 1.807) is 6.92 Å². The number of hydrogen-bond acceptors (Lipinski definition) is 5. The molecule has 2 rings (SSSR count). The van der Waals surface area contributed by atoms with Crippen LogP contribution in [0.25, 0.3) is 0 Å². The first-order valence-electron chi connectivity index (χ1n) is 17.4. The standard InChI is InChI=1S/C19H25N.C11H21NO2.C6H13N.2C2H6.C2H2/c1-6-7-8-16(3)18(5)20-17(4)11-14-19-12-9-15(2)10-13-19;1-9(13)7-12-6-5-10(8-12)14-11(2,3)4;1-4-5-6(2)7-3;3*1-2/h6-10,12-13H,4,11,14H2,1-3,5H3;10H,5-8H2,1-4H3;5,7H,4H2,1-3H3;2*1-2H3;1-2H/b7-6-,16-8+,20-18?;;6-5-;;;. The van der Waals surface area contributed by atoms with Gasteiger partial charge in [-0.15, -0.1) is 12.8 Å². The maximum atomic E-state index is 10.9. The van der Waals surface area contributed by atoms with Gasteiger partial charge in [-0.25, -0.2) is 0 Å². The van der Waals surface area contributed by atoms with Crippen LogP contribution in [0.15, 0.2) is 77.1 Å². The number of likely N-dealkylation sites (tertiary alicyclic amines) is 1. The molecule has 1 fully saturated rings. The molecule has 0 aromatic heterocycles. The summed E-state index contributed by atoms with van der Waals surface area (Å²) in [5, 5.41) is 3.03. The maximum absolute atomic E-state index is 10.9. The van der Waals surface area contributed by atoms with Gasteiger partial charge in [0, 0.05) is 37.2 Å². The second-order valence-electron chi connectivity index (χ2n) is 11.7. The van der Waals surface area contributed by atoms with Crippen LogP contribution in [0.2, 0.25) is 0 Å². The predicted molar refractivity (Wildman–Crippen MR) is 212 cm³/mol. The van der Waals surface area contributed by atoms with Crippen LogP contribution < -0.4 is 5.32 Å². The molecule has 1 aliphatic rings. The molecule has 1 saturated heterocycles. The smallest absolute Gasteiger partial charge is 0.143 e. The van der Waals surface area contributed by atoms with E-state index in [9.17, 15) is 4.79 Å². The number of allylic oxidation sites excluding steroid dienone is 7. The average Bonchev–Trinajstić information content (AvgIpc) is 3.47. The Morgan fingerprint density at radius 2 is 1.64 bits per heavy atom. The number of hydrogen-bond donors (Lipinski definition) is 1. The number of nitrogens with zero attached hydrogens (tertiary/aromatic N) is 2. The summed E-state index contributed by atoms with van der Waals surface area (Å²) in [5.74, 6) is 0.237. The Kier molecular flexibility index (Phi) is 35.3. The number of carbonyl (C=O) groups is 1. The molecule has 1 aromatic rings. The third kappa shape index (κ3) is 32.5. The number of aryl methyl sites for hydroxylation is 2. The first kappa shape index (κ1) is 50.7. The fourth-order valence-corrected chi connectivity index (χ4v) is 4.05. The van der Waals surface area contributed by atoms with E-state index in [0.717, 1.165) is 50.2 Å². The molecule has 1 N–H and O–H groups in total. The van der Waals surface area contributed by atoms with Crippen molar-refractivity contribution in [2.75, 3.05) is 26.7 Å². The lowest BCUT2D eigenvalue weighted by Gasteiger charge is -2.24. The zero-order valence-electron chi connectivity index (χ0n) is 33.2.